The van der Waals surface area contributed by atoms with E-state index in [0.717, 1.165) is 49.4 Å². The van der Waals surface area contributed by atoms with Crippen molar-refractivity contribution in [3.63, 3.8) is 0 Å². The first kappa shape index (κ1) is 23.1. The average molecular weight is 478 g/mol. The third-order valence-corrected chi connectivity index (χ3v) is 7.65. The maximum absolute atomic E-state index is 6.31. The Kier molecular flexibility index (Phi) is 7.02. The highest BCUT2D eigenvalue weighted by Gasteiger charge is 2.36. The van der Waals surface area contributed by atoms with E-state index in [1.807, 2.05) is 24.3 Å². The van der Waals surface area contributed by atoms with E-state index in [0.29, 0.717) is 17.7 Å². The Morgan fingerprint density at radius 3 is 2.68 bits per heavy atom. The van der Waals surface area contributed by atoms with Gasteiger partial charge in [0.1, 0.15) is 30.0 Å². The van der Waals surface area contributed by atoms with Crippen LogP contribution in [0.5, 0.6) is 11.5 Å². The second kappa shape index (κ2) is 10.3. The quantitative estimate of drug-likeness (QED) is 0.390. The van der Waals surface area contributed by atoms with Crippen molar-refractivity contribution < 1.29 is 14.2 Å². The van der Waals surface area contributed by atoms with E-state index in [1.54, 1.807) is 18.4 Å². The summed E-state index contributed by atoms with van der Waals surface area (Å²) in [7, 11) is 3.98. The lowest BCUT2D eigenvalue weighted by molar-refractivity contribution is 0.182. The van der Waals surface area contributed by atoms with Crippen LogP contribution in [0.1, 0.15) is 35.3 Å². The summed E-state index contributed by atoms with van der Waals surface area (Å²) in [6, 6.07) is 16.7. The van der Waals surface area contributed by atoms with E-state index in [2.05, 4.69) is 54.3 Å². The number of hydrogen-bond acceptors (Lipinski definition) is 5. The zero-order chi connectivity index (χ0) is 23.4. The molecule has 3 heterocycles. The van der Waals surface area contributed by atoms with Crippen LogP contribution < -0.4 is 19.3 Å². The van der Waals surface area contributed by atoms with E-state index in [1.165, 1.54) is 21.8 Å². The number of thiophene rings is 1. The van der Waals surface area contributed by atoms with E-state index in [-0.39, 0.29) is 6.10 Å². The van der Waals surface area contributed by atoms with Crippen molar-refractivity contribution in [3.05, 3.63) is 76.1 Å². The molecule has 3 aromatic rings. The number of hydrogen-bond donors (Lipinski definition) is 1. The fourth-order valence-corrected chi connectivity index (χ4v) is 5.77. The van der Waals surface area contributed by atoms with Gasteiger partial charge in [0.25, 0.3) is 0 Å². The summed E-state index contributed by atoms with van der Waals surface area (Å²) in [5, 5.41) is 5.60. The van der Waals surface area contributed by atoms with E-state index in [4.69, 9.17) is 14.2 Å². The summed E-state index contributed by atoms with van der Waals surface area (Å²) >= 11 is 1.78. The van der Waals surface area contributed by atoms with Crippen LogP contribution in [0.3, 0.4) is 0 Å². The molecule has 0 saturated carbocycles. The second-order valence-corrected chi connectivity index (χ2v) is 10.0. The van der Waals surface area contributed by atoms with E-state index in [9.17, 15) is 0 Å². The molecule has 1 N–H and O–H groups in total. The molecule has 1 fully saturated rings. The lowest BCUT2D eigenvalue weighted by Gasteiger charge is -2.29. The van der Waals surface area contributed by atoms with Gasteiger partial charge in [0.2, 0.25) is 0 Å². The molecule has 0 radical (unpaired) electrons. The molecule has 0 amide bonds. The number of fused-ring (bicyclic) bond motifs is 1. The lowest BCUT2D eigenvalue weighted by Crippen LogP contribution is -2.32. The van der Waals surface area contributed by atoms with Crippen molar-refractivity contribution >= 4 is 28.8 Å². The number of nitrogens with one attached hydrogen (secondary N) is 1. The van der Waals surface area contributed by atoms with Gasteiger partial charge in [0.05, 0.1) is 30.2 Å². The smallest absolute Gasteiger partial charge is 0.160 e. The molecule has 2 aliphatic heterocycles. The van der Waals surface area contributed by atoms with Crippen LogP contribution in [0.15, 0.2) is 60.1 Å². The molecule has 5 nitrogen and oxygen atoms in total. The molecule has 2 atom stereocenters. The second-order valence-electron chi connectivity index (χ2n) is 9.09. The molecule has 178 valence electrons. The number of benzene rings is 2. The van der Waals surface area contributed by atoms with Crippen molar-refractivity contribution in [1.29, 1.82) is 0 Å². The Hall–Kier alpha value is -2.64. The predicted molar refractivity (Wildman–Crippen MR) is 140 cm³/mol. The average Bonchev–Trinajstić information content (AvgIpc) is 3.36. The standard InChI is InChI=1S/C28H33N2O3S/c1-30(17-13-28-27(30)14-18-34-28)26-7-3-5-21(19-31-2)25(26)20-32-22-8-10-24(11-9-22)33-23-6-4-15-29-16-12-23/h3,5,7-11,13-14,17-18,23,29H,4,6,12,15-16,19-20H2,1-2H3/q+1. The Morgan fingerprint density at radius 2 is 1.82 bits per heavy atom. The third-order valence-electron chi connectivity index (χ3n) is 6.78. The van der Waals surface area contributed by atoms with Crippen molar-refractivity contribution in [2.75, 3.05) is 27.2 Å². The summed E-state index contributed by atoms with van der Waals surface area (Å²) < 4.78 is 18.7. The van der Waals surface area contributed by atoms with Crippen LogP contribution in [0.2, 0.25) is 0 Å². The number of nitrogens with zero attached hydrogens (tertiary/aromatic N) is 1. The monoisotopic (exact) mass is 477 g/mol. The van der Waals surface area contributed by atoms with Gasteiger partial charge in [-0.1, -0.05) is 12.1 Å². The molecule has 0 spiro atoms. The van der Waals surface area contributed by atoms with Gasteiger partial charge in [0, 0.05) is 25.3 Å². The zero-order valence-electron chi connectivity index (χ0n) is 20.0. The molecule has 0 aliphatic carbocycles. The Morgan fingerprint density at radius 1 is 0.971 bits per heavy atom. The zero-order valence-corrected chi connectivity index (χ0v) is 20.8. The predicted octanol–water partition coefficient (Wildman–Crippen LogP) is 6.25. The van der Waals surface area contributed by atoms with Gasteiger partial charge in [-0.2, -0.15) is 0 Å². The first-order valence-electron chi connectivity index (χ1n) is 12.0. The first-order valence-corrected chi connectivity index (χ1v) is 12.9. The highest BCUT2D eigenvalue weighted by Crippen LogP contribution is 2.46. The molecule has 2 aromatic carbocycles. The summed E-state index contributed by atoms with van der Waals surface area (Å²) in [4.78, 5) is 1.31. The van der Waals surface area contributed by atoms with Gasteiger partial charge in [-0.15, -0.1) is 11.3 Å². The van der Waals surface area contributed by atoms with Gasteiger partial charge < -0.3 is 19.5 Å². The van der Waals surface area contributed by atoms with Crippen LogP contribution in [0, 0.1) is 0 Å². The van der Waals surface area contributed by atoms with E-state index >= 15 is 0 Å². The summed E-state index contributed by atoms with van der Waals surface area (Å²) in [5.74, 6) is 1.74. The minimum Gasteiger partial charge on any atom is -0.490 e. The normalized spacial score (nSPS) is 21.8. The highest BCUT2D eigenvalue weighted by atomic mass is 32.1. The summed E-state index contributed by atoms with van der Waals surface area (Å²) in [6.07, 6.45) is 8.07. The number of methoxy groups -OCH3 is 1. The summed E-state index contributed by atoms with van der Waals surface area (Å²) in [6.45, 7) is 3.13. The molecule has 2 unspecified atom stereocenters. The van der Waals surface area contributed by atoms with Crippen molar-refractivity contribution in [3.8, 4) is 11.5 Å². The maximum atomic E-state index is 6.31. The number of quaternary nitrogens is 1. The van der Waals surface area contributed by atoms with Gasteiger partial charge in [-0.3, -0.25) is 0 Å². The van der Waals surface area contributed by atoms with Crippen LogP contribution >= 0.6 is 11.3 Å². The van der Waals surface area contributed by atoms with Gasteiger partial charge >= 0.3 is 0 Å². The molecule has 34 heavy (non-hydrogen) atoms. The molecule has 6 heteroatoms. The highest BCUT2D eigenvalue weighted by molar-refractivity contribution is 7.11. The fraction of sp³-hybridized carbons (Fsp3) is 0.357. The maximum Gasteiger partial charge on any atom is 0.160 e. The molecule has 2 aliphatic rings. The molecule has 1 aromatic heterocycles. The van der Waals surface area contributed by atoms with Gasteiger partial charge in [-0.05, 0) is 67.6 Å². The summed E-state index contributed by atoms with van der Waals surface area (Å²) in [5.41, 5.74) is 4.83. The number of ether oxygens (including phenoxy) is 3. The van der Waals surface area contributed by atoms with Gasteiger partial charge in [0.15, 0.2) is 5.69 Å². The molecule has 0 bridgehead atoms. The lowest BCUT2D eigenvalue weighted by atomic mass is 10.0. The molecular weight excluding hydrogens is 444 g/mol. The topological polar surface area (TPSA) is 39.7 Å². The molecule has 5 rings (SSSR count). The van der Waals surface area contributed by atoms with Gasteiger partial charge in [-0.25, -0.2) is 4.48 Å². The van der Waals surface area contributed by atoms with Crippen LogP contribution in [-0.4, -0.2) is 33.4 Å². The van der Waals surface area contributed by atoms with Crippen molar-refractivity contribution in [2.45, 2.75) is 38.6 Å². The van der Waals surface area contributed by atoms with Crippen molar-refractivity contribution in [1.82, 2.24) is 9.80 Å². The minimum absolute atomic E-state index is 0.283. The third kappa shape index (κ3) is 4.77. The van der Waals surface area contributed by atoms with Crippen molar-refractivity contribution in [2.24, 2.45) is 0 Å². The Labute approximate surface area is 206 Å². The minimum atomic E-state index is 0.283. The van der Waals surface area contributed by atoms with E-state index < -0.39 is 0 Å². The Balaban J connectivity index is 1.34. The SMILES string of the molecule is COCc1cccc([N+]2(C)C=Cc3sccc32)c1COc1ccc(OC2CCCNCC2)cc1. The van der Waals surface area contributed by atoms with Crippen LogP contribution in [0.4, 0.5) is 11.4 Å². The molecular formula is C28H33N2O3S+. The Bertz CT molecular complexity index is 1130. The first-order chi connectivity index (χ1) is 16.7. The number of rotatable bonds is 8. The largest absolute Gasteiger partial charge is 0.490 e. The molecule has 1 saturated heterocycles. The van der Waals surface area contributed by atoms with Crippen LogP contribution in [0.25, 0.3) is 6.08 Å². The fourth-order valence-electron chi connectivity index (χ4n) is 4.91. The van der Waals surface area contributed by atoms with Crippen LogP contribution in [-0.2, 0) is 18.0 Å².